The lowest BCUT2D eigenvalue weighted by Gasteiger charge is -2.33. The standard InChI is InChI=1S/C14H21FN2O2S.ClH/c1-2-3-7-16-8-10-17(11-9-16)20(18,19)14-6-4-5-13(15)12-14;/h4-6,12H,2-3,7-11H2,1H3;1H. The van der Waals surface area contributed by atoms with Crippen molar-refractivity contribution in [2.45, 2.75) is 24.7 Å². The highest BCUT2D eigenvalue weighted by Gasteiger charge is 2.28. The third-order valence-electron chi connectivity index (χ3n) is 3.59. The highest BCUT2D eigenvalue weighted by Crippen LogP contribution is 2.18. The lowest BCUT2D eigenvalue weighted by molar-refractivity contribution is 0.186. The molecule has 0 unspecified atom stereocenters. The molecule has 1 fully saturated rings. The van der Waals surface area contributed by atoms with Gasteiger partial charge in [0.25, 0.3) is 0 Å². The average molecular weight is 337 g/mol. The first-order chi connectivity index (χ1) is 9.54. The van der Waals surface area contributed by atoms with Crippen LogP contribution >= 0.6 is 12.4 Å². The molecular weight excluding hydrogens is 315 g/mol. The number of hydrogen-bond donors (Lipinski definition) is 0. The molecular formula is C14H22ClFN2O2S. The first kappa shape index (κ1) is 18.4. The van der Waals surface area contributed by atoms with E-state index >= 15 is 0 Å². The lowest BCUT2D eigenvalue weighted by Crippen LogP contribution is -2.48. The van der Waals surface area contributed by atoms with Crippen molar-refractivity contribution in [3.63, 3.8) is 0 Å². The summed E-state index contributed by atoms with van der Waals surface area (Å²) in [4.78, 5) is 2.32. The molecule has 120 valence electrons. The van der Waals surface area contributed by atoms with Gasteiger partial charge in [-0.2, -0.15) is 4.31 Å². The summed E-state index contributed by atoms with van der Waals surface area (Å²) < 4.78 is 39.4. The maximum Gasteiger partial charge on any atom is 0.243 e. The van der Waals surface area contributed by atoms with Crippen LogP contribution in [0.15, 0.2) is 29.2 Å². The van der Waals surface area contributed by atoms with Gasteiger partial charge in [0.2, 0.25) is 10.0 Å². The molecule has 21 heavy (non-hydrogen) atoms. The van der Waals surface area contributed by atoms with Gasteiger partial charge in [-0.25, -0.2) is 12.8 Å². The molecule has 4 nitrogen and oxygen atoms in total. The van der Waals surface area contributed by atoms with Gasteiger partial charge in [0, 0.05) is 26.2 Å². The summed E-state index contributed by atoms with van der Waals surface area (Å²) in [7, 11) is -3.56. The summed E-state index contributed by atoms with van der Waals surface area (Å²) in [6.07, 6.45) is 2.28. The molecule has 0 bridgehead atoms. The van der Waals surface area contributed by atoms with Crippen molar-refractivity contribution in [3.05, 3.63) is 30.1 Å². The van der Waals surface area contributed by atoms with E-state index in [1.165, 1.54) is 22.5 Å². The Kier molecular flexibility index (Phi) is 7.06. The summed E-state index contributed by atoms with van der Waals surface area (Å²) in [5.74, 6) is -0.521. The van der Waals surface area contributed by atoms with Gasteiger partial charge in [-0.3, -0.25) is 0 Å². The van der Waals surface area contributed by atoms with Crippen LogP contribution in [0.4, 0.5) is 4.39 Å². The van der Waals surface area contributed by atoms with E-state index in [0.29, 0.717) is 13.1 Å². The summed E-state index contributed by atoms with van der Waals surface area (Å²) in [5.41, 5.74) is 0. The van der Waals surface area contributed by atoms with Crippen LogP contribution < -0.4 is 0 Å². The normalized spacial score (nSPS) is 17.4. The molecule has 0 aromatic heterocycles. The number of rotatable bonds is 5. The van der Waals surface area contributed by atoms with E-state index in [-0.39, 0.29) is 17.3 Å². The number of nitrogens with zero attached hydrogens (tertiary/aromatic N) is 2. The van der Waals surface area contributed by atoms with E-state index in [9.17, 15) is 12.8 Å². The maximum absolute atomic E-state index is 13.2. The molecule has 0 amide bonds. The highest BCUT2D eigenvalue weighted by molar-refractivity contribution is 7.89. The van der Waals surface area contributed by atoms with Crippen molar-refractivity contribution < 1.29 is 12.8 Å². The van der Waals surface area contributed by atoms with Crippen LogP contribution in [0, 0.1) is 5.82 Å². The zero-order valence-corrected chi connectivity index (χ0v) is 13.8. The van der Waals surface area contributed by atoms with Gasteiger partial charge in [-0.15, -0.1) is 12.4 Å². The molecule has 0 saturated carbocycles. The van der Waals surface area contributed by atoms with Gasteiger partial charge < -0.3 is 4.90 Å². The number of unbranched alkanes of at least 4 members (excludes halogenated alkanes) is 1. The average Bonchev–Trinajstić information content (AvgIpc) is 2.45. The van der Waals surface area contributed by atoms with Crippen LogP contribution in [0.3, 0.4) is 0 Å². The minimum absolute atomic E-state index is 0. The summed E-state index contributed by atoms with van der Waals surface area (Å²) in [6, 6.07) is 5.21. The van der Waals surface area contributed by atoms with Crippen molar-refractivity contribution in [1.29, 1.82) is 0 Å². The number of piperazine rings is 1. The fourth-order valence-electron chi connectivity index (χ4n) is 2.35. The SMILES string of the molecule is CCCCN1CCN(S(=O)(=O)c2cccc(F)c2)CC1.Cl. The number of benzene rings is 1. The van der Waals surface area contributed by atoms with Crippen LogP contribution in [0.1, 0.15) is 19.8 Å². The topological polar surface area (TPSA) is 40.6 Å². The molecule has 1 heterocycles. The van der Waals surface area contributed by atoms with E-state index < -0.39 is 15.8 Å². The Bertz CT molecular complexity index is 546. The van der Waals surface area contributed by atoms with Gasteiger partial charge in [-0.1, -0.05) is 19.4 Å². The zero-order valence-electron chi connectivity index (χ0n) is 12.2. The van der Waals surface area contributed by atoms with E-state index in [1.807, 2.05) is 0 Å². The van der Waals surface area contributed by atoms with E-state index in [4.69, 9.17) is 0 Å². The summed E-state index contributed by atoms with van der Waals surface area (Å²) in [6.45, 7) is 5.60. The maximum atomic E-state index is 13.2. The summed E-state index contributed by atoms with van der Waals surface area (Å²) in [5, 5.41) is 0. The van der Waals surface area contributed by atoms with Crippen LogP contribution in [0.25, 0.3) is 0 Å². The van der Waals surface area contributed by atoms with E-state index in [2.05, 4.69) is 11.8 Å². The minimum atomic E-state index is -3.56. The second-order valence-electron chi connectivity index (χ2n) is 5.06. The first-order valence-corrected chi connectivity index (χ1v) is 8.46. The predicted molar refractivity (Wildman–Crippen MR) is 83.8 cm³/mol. The quantitative estimate of drug-likeness (QED) is 0.828. The Hall–Kier alpha value is -0.690. The monoisotopic (exact) mass is 336 g/mol. The Balaban J connectivity index is 0.00000220. The second kappa shape index (κ2) is 8.08. The van der Waals surface area contributed by atoms with Crippen molar-refractivity contribution in [2.24, 2.45) is 0 Å². The Morgan fingerprint density at radius 2 is 1.86 bits per heavy atom. The van der Waals surface area contributed by atoms with Crippen LogP contribution in [-0.4, -0.2) is 50.3 Å². The molecule has 0 aliphatic carbocycles. The second-order valence-corrected chi connectivity index (χ2v) is 6.99. The highest BCUT2D eigenvalue weighted by atomic mass is 35.5. The third-order valence-corrected chi connectivity index (χ3v) is 5.49. The Labute approximate surface area is 132 Å². The molecule has 1 aliphatic heterocycles. The number of halogens is 2. The van der Waals surface area contributed by atoms with Gasteiger partial charge in [0.15, 0.2) is 0 Å². The number of hydrogen-bond acceptors (Lipinski definition) is 3. The molecule has 1 aromatic rings. The fraction of sp³-hybridized carbons (Fsp3) is 0.571. The smallest absolute Gasteiger partial charge is 0.243 e. The first-order valence-electron chi connectivity index (χ1n) is 7.02. The van der Waals surface area contributed by atoms with Crippen molar-refractivity contribution in [2.75, 3.05) is 32.7 Å². The van der Waals surface area contributed by atoms with Gasteiger partial charge in [0.1, 0.15) is 5.82 Å². The molecule has 1 saturated heterocycles. The minimum Gasteiger partial charge on any atom is -0.301 e. The molecule has 0 radical (unpaired) electrons. The molecule has 1 aromatic carbocycles. The number of sulfonamides is 1. The molecule has 0 N–H and O–H groups in total. The van der Waals surface area contributed by atoms with Gasteiger partial charge in [-0.05, 0) is 31.2 Å². The molecule has 1 aliphatic rings. The van der Waals surface area contributed by atoms with Gasteiger partial charge in [0.05, 0.1) is 4.90 Å². The van der Waals surface area contributed by atoms with Crippen LogP contribution in [-0.2, 0) is 10.0 Å². The van der Waals surface area contributed by atoms with E-state index in [1.54, 1.807) is 0 Å². The molecule has 0 spiro atoms. The third kappa shape index (κ3) is 4.64. The van der Waals surface area contributed by atoms with E-state index in [0.717, 1.165) is 38.5 Å². The Morgan fingerprint density at radius 1 is 1.19 bits per heavy atom. The lowest BCUT2D eigenvalue weighted by atomic mass is 10.3. The molecule has 7 heteroatoms. The predicted octanol–water partition coefficient (Wildman–Crippen LogP) is 2.35. The van der Waals surface area contributed by atoms with Crippen molar-refractivity contribution >= 4 is 22.4 Å². The fourth-order valence-corrected chi connectivity index (χ4v) is 3.81. The molecule has 2 rings (SSSR count). The van der Waals surface area contributed by atoms with Crippen LogP contribution in [0.5, 0.6) is 0 Å². The largest absolute Gasteiger partial charge is 0.301 e. The van der Waals surface area contributed by atoms with Crippen molar-refractivity contribution in [3.8, 4) is 0 Å². The van der Waals surface area contributed by atoms with Crippen LogP contribution in [0.2, 0.25) is 0 Å². The van der Waals surface area contributed by atoms with Crippen molar-refractivity contribution in [1.82, 2.24) is 9.21 Å². The Morgan fingerprint density at radius 3 is 2.43 bits per heavy atom. The molecule has 0 atom stereocenters. The van der Waals surface area contributed by atoms with Gasteiger partial charge >= 0.3 is 0 Å². The zero-order chi connectivity index (χ0) is 14.6. The summed E-state index contributed by atoms with van der Waals surface area (Å²) >= 11 is 0.